The van der Waals surface area contributed by atoms with Gasteiger partial charge in [-0.05, 0) is 18.1 Å². The number of carbonyl (C=O) groups excluding carboxylic acids is 2. The first-order valence-electron chi connectivity index (χ1n) is 6.33. The number of urea groups is 1. The van der Waals surface area contributed by atoms with E-state index in [2.05, 4.69) is 15.5 Å². The molecule has 0 spiro atoms. The van der Waals surface area contributed by atoms with E-state index in [0.717, 1.165) is 0 Å². The number of carbonyl (C=O) groups is 2. The number of halogens is 1. The Bertz CT molecular complexity index is 716. The van der Waals surface area contributed by atoms with E-state index >= 15 is 0 Å². The molecule has 3 amide bonds. The Morgan fingerprint density at radius 2 is 2.19 bits per heavy atom. The Balaban J connectivity index is 0.00000161. The Morgan fingerprint density at radius 3 is 2.86 bits per heavy atom. The summed E-state index contributed by atoms with van der Waals surface area (Å²) in [4.78, 5) is 24.2. The van der Waals surface area contributed by atoms with Crippen molar-refractivity contribution >= 4 is 28.7 Å². The molecule has 0 aliphatic carbocycles. The first kappa shape index (κ1) is 15.6. The van der Waals surface area contributed by atoms with Gasteiger partial charge in [-0.1, -0.05) is 13.0 Å². The molecule has 0 bridgehead atoms. The fraction of sp³-hybridized carbons (Fsp3) is 0.308. The van der Waals surface area contributed by atoms with Crippen LogP contribution in [0.1, 0.15) is 18.9 Å². The zero-order chi connectivity index (χ0) is 14.3. The van der Waals surface area contributed by atoms with Crippen molar-refractivity contribution in [3.8, 4) is 0 Å². The number of imide groups is 1. The maximum atomic E-state index is 13.9. The molecule has 6 nitrogen and oxygen atoms in total. The number of fused-ring (bicyclic) bond motifs is 1. The first-order chi connectivity index (χ1) is 9.60. The summed E-state index contributed by atoms with van der Waals surface area (Å²) in [6, 6.07) is 2.42. The average molecular weight is 461 g/mol. The number of amides is 3. The van der Waals surface area contributed by atoms with Gasteiger partial charge in [0.25, 0.3) is 0 Å². The summed E-state index contributed by atoms with van der Waals surface area (Å²) >= 11 is 0. The van der Waals surface area contributed by atoms with Crippen molar-refractivity contribution in [2.24, 2.45) is 0 Å². The van der Waals surface area contributed by atoms with Crippen LogP contribution in [0, 0.1) is 5.82 Å². The Morgan fingerprint density at radius 1 is 1.43 bits per heavy atom. The molecule has 1 radical (unpaired) electrons. The molecular weight excluding hydrogens is 449 g/mol. The summed E-state index contributed by atoms with van der Waals surface area (Å²) in [7, 11) is 0. The third-order valence-electron chi connectivity index (χ3n) is 3.35. The van der Waals surface area contributed by atoms with Crippen LogP contribution in [0.5, 0.6) is 0 Å². The number of hydrogen-bond donors (Lipinski definition) is 1. The van der Waals surface area contributed by atoms with Crippen LogP contribution in [0.15, 0.2) is 12.1 Å². The Labute approximate surface area is 133 Å². The van der Waals surface area contributed by atoms with E-state index in [9.17, 15) is 14.0 Å². The number of aromatic nitrogens is 2. The number of nitrogens with one attached hydrogen (secondary N) is 1. The van der Waals surface area contributed by atoms with Gasteiger partial charge in [0.05, 0.1) is 0 Å². The van der Waals surface area contributed by atoms with Gasteiger partial charge in [-0.2, -0.15) is 0 Å². The molecule has 2 aromatic rings. The standard InChI is InChI=1S/C13H13FN4O2.Re/c1-2-7-5-10-8(6-9(7)14)12(17-16-10)18-4-3-11(19)15-13(18)20;/h5-6H,2-4H2,1H3,(H2,15,16,17,19,20);/p-1. The van der Waals surface area contributed by atoms with Gasteiger partial charge in [0.2, 0.25) is 5.91 Å². The summed E-state index contributed by atoms with van der Waals surface area (Å²) < 4.78 is 13.9. The van der Waals surface area contributed by atoms with Crippen LogP contribution in [0.4, 0.5) is 15.0 Å². The minimum atomic E-state index is -0.553. The van der Waals surface area contributed by atoms with Crippen molar-refractivity contribution in [3.63, 3.8) is 0 Å². The molecule has 1 fully saturated rings. The zero-order valence-electron chi connectivity index (χ0n) is 11.2. The summed E-state index contributed by atoms with van der Waals surface area (Å²) in [6.07, 6.45) is 0.748. The van der Waals surface area contributed by atoms with Crippen molar-refractivity contribution in [2.45, 2.75) is 19.8 Å². The monoisotopic (exact) mass is 462 g/mol. The topological polar surface area (TPSA) is 76.4 Å². The minimum Gasteiger partial charge on any atom is -0.573 e. The largest absolute Gasteiger partial charge is 0.573 e. The van der Waals surface area contributed by atoms with E-state index in [1.165, 1.54) is 11.0 Å². The summed E-state index contributed by atoms with van der Waals surface area (Å²) in [6.45, 7) is 2.07. The molecule has 3 rings (SSSR count). The SMILES string of the molecule is CCc1cc2[n-]nc(N3CCC(=O)NC3=O)c2cc1F.[Re]. The van der Waals surface area contributed by atoms with Crippen molar-refractivity contribution in [2.75, 3.05) is 11.4 Å². The van der Waals surface area contributed by atoms with E-state index in [0.29, 0.717) is 22.9 Å². The van der Waals surface area contributed by atoms with E-state index in [-0.39, 0.29) is 50.9 Å². The average Bonchev–Trinajstić information content (AvgIpc) is 2.80. The number of aryl methyl sites for hydroxylation is 1. The Kier molecular flexibility index (Phi) is 4.40. The van der Waals surface area contributed by atoms with Crippen LogP contribution in [-0.2, 0) is 31.6 Å². The molecule has 0 saturated carbocycles. The number of nitrogens with zero attached hydrogens (tertiary/aromatic N) is 3. The minimum absolute atomic E-state index is 0. The van der Waals surface area contributed by atoms with Crippen molar-refractivity contribution in [1.82, 2.24) is 15.5 Å². The second kappa shape index (κ2) is 5.92. The molecule has 1 aromatic heterocycles. The number of benzene rings is 1. The molecule has 1 aliphatic rings. The van der Waals surface area contributed by atoms with E-state index < -0.39 is 6.03 Å². The third kappa shape index (κ3) is 2.69. The summed E-state index contributed by atoms with van der Waals surface area (Å²) in [5.74, 6) is -0.384. The molecular formula is C13H12FN4O2Re-. The molecule has 1 saturated heterocycles. The normalized spacial score (nSPS) is 15.0. The van der Waals surface area contributed by atoms with Crippen molar-refractivity contribution in [3.05, 3.63) is 23.5 Å². The maximum Gasteiger partial charge on any atom is 0.329 e. The summed E-state index contributed by atoms with van der Waals surface area (Å²) in [5, 5.41) is 10.6. The van der Waals surface area contributed by atoms with Crippen LogP contribution in [0.3, 0.4) is 0 Å². The van der Waals surface area contributed by atoms with Gasteiger partial charge in [-0.15, -0.1) is 5.52 Å². The van der Waals surface area contributed by atoms with Gasteiger partial charge in [-0.3, -0.25) is 15.0 Å². The molecule has 1 aromatic carbocycles. The van der Waals surface area contributed by atoms with Gasteiger partial charge in [-0.25, -0.2) is 9.18 Å². The van der Waals surface area contributed by atoms with Crippen LogP contribution < -0.4 is 15.3 Å². The molecule has 0 atom stereocenters. The Hall–Kier alpha value is -1.78. The fourth-order valence-electron chi connectivity index (χ4n) is 2.26. The van der Waals surface area contributed by atoms with E-state index in [1.54, 1.807) is 6.07 Å². The van der Waals surface area contributed by atoms with Crippen LogP contribution in [0.25, 0.3) is 10.9 Å². The van der Waals surface area contributed by atoms with E-state index in [1.807, 2.05) is 6.92 Å². The number of hydrogen-bond acceptors (Lipinski definition) is 3. The second-order valence-corrected chi connectivity index (χ2v) is 4.59. The molecule has 2 heterocycles. The maximum absolute atomic E-state index is 13.9. The van der Waals surface area contributed by atoms with Crippen LogP contribution in [0.2, 0.25) is 0 Å². The molecule has 21 heavy (non-hydrogen) atoms. The zero-order valence-corrected chi connectivity index (χ0v) is 13.9. The predicted octanol–water partition coefficient (Wildman–Crippen LogP) is 1.34. The summed E-state index contributed by atoms with van der Waals surface area (Å²) in [5.41, 5.74) is 1.10. The number of rotatable bonds is 2. The van der Waals surface area contributed by atoms with Gasteiger partial charge in [0.15, 0.2) is 0 Å². The van der Waals surface area contributed by atoms with Gasteiger partial charge in [0.1, 0.15) is 11.6 Å². The first-order valence-corrected chi connectivity index (χ1v) is 6.33. The van der Waals surface area contributed by atoms with Crippen molar-refractivity contribution < 1.29 is 34.4 Å². The van der Waals surface area contributed by atoms with Gasteiger partial charge < -0.3 is 10.2 Å². The number of anilines is 1. The van der Waals surface area contributed by atoms with Gasteiger partial charge >= 0.3 is 6.03 Å². The second-order valence-electron chi connectivity index (χ2n) is 4.59. The van der Waals surface area contributed by atoms with Crippen LogP contribution >= 0.6 is 0 Å². The predicted molar refractivity (Wildman–Crippen MR) is 69.9 cm³/mol. The fourth-order valence-corrected chi connectivity index (χ4v) is 2.26. The van der Waals surface area contributed by atoms with Gasteiger partial charge in [0, 0.05) is 38.8 Å². The molecule has 1 aliphatic heterocycles. The molecule has 111 valence electrons. The van der Waals surface area contributed by atoms with Crippen molar-refractivity contribution in [1.29, 1.82) is 0 Å². The smallest absolute Gasteiger partial charge is 0.329 e. The van der Waals surface area contributed by atoms with Crippen LogP contribution in [-0.4, -0.2) is 23.6 Å². The van der Waals surface area contributed by atoms with E-state index in [4.69, 9.17) is 0 Å². The third-order valence-corrected chi connectivity index (χ3v) is 3.35. The quantitative estimate of drug-likeness (QED) is 0.733. The molecule has 1 N–H and O–H groups in total. The molecule has 0 unspecified atom stereocenters. The molecule has 8 heteroatoms.